The van der Waals surface area contributed by atoms with Gasteiger partial charge >= 0.3 is 0 Å². The molecule has 4 heteroatoms. The van der Waals surface area contributed by atoms with E-state index in [9.17, 15) is 5.26 Å². The molecule has 4 rings (SSSR count). The highest BCUT2D eigenvalue weighted by atomic mass is 32.2. The largest absolute Gasteiger partial charge is 0.245 e. The van der Waals surface area contributed by atoms with Gasteiger partial charge in [0.25, 0.3) is 0 Å². The zero-order valence-electron chi connectivity index (χ0n) is 15.0. The van der Waals surface area contributed by atoms with E-state index < -0.39 is 0 Å². The summed E-state index contributed by atoms with van der Waals surface area (Å²) in [7, 11) is 0. The van der Waals surface area contributed by atoms with E-state index in [1.54, 1.807) is 23.1 Å². The van der Waals surface area contributed by atoms with Gasteiger partial charge in [0.1, 0.15) is 11.1 Å². The summed E-state index contributed by atoms with van der Waals surface area (Å²) in [6, 6.07) is 16.9. The van der Waals surface area contributed by atoms with Crippen LogP contribution >= 0.6 is 23.1 Å². The lowest BCUT2D eigenvalue weighted by Gasteiger charge is -2.21. The zero-order chi connectivity index (χ0) is 18.5. The summed E-state index contributed by atoms with van der Waals surface area (Å²) in [5, 5.41) is 12.9. The van der Waals surface area contributed by atoms with Gasteiger partial charge in [0.2, 0.25) is 0 Å². The van der Waals surface area contributed by atoms with Crippen molar-refractivity contribution in [2.75, 3.05) is 5.75 Å². The van der Waals surface area contributed by atoms with E-state index in [-0.39, 0.29) is 0 Å². The van der Waals surface area contributed by atoms with Crippen molar-refractivity contribution in [2.24, 2.45) is 0 Å². The maximum absolute atomic E-state index is 9.92. The monoisotopic (exact) mass is 388 g/mol. The zero-order valence-corrected chi connectivity index (χ0v) is 16.7. The van der Waals surface area contributed by atoms with Crippen LogP contribution in [0.25, 0.3) is 16.5 Å². The molecule has 2 heterocycles. The number of thioether (sulfide) groups is 1. The number of rotatable bonds is 5. The van der Waals surface area contributed by atoms with Gasteiger partial charge in [-0.15, -0.1) is 23.1 Å². The Morgan fingerprint density at radius 2 is 1.96 bits per heavy atom. The van der Waals surface area contributed by atoms with Crippen molar-refractivity contribution in [1.82, 2.24) is 4.98 Å². The molecule has 3 aromatic rings. The van der Waals surface area contributed by atoms with Gasteiger partial charge < -0.3 is 0 Å². The van der Waals surface area contributed by atoms with Crippen molar-refractivity contribution in [3.05, 3.63) is 76.3 Å². The summed E-state index contributed by atoms with van der Waals surface area (Å²) in [6.07, 6.45) is 8.69. The number of benzene rings is 1. The highest BCUT2D eigenvalue weighted by Gasteiger charge is 2.23. The number of nitriles is 1. The smallest absolute Gasteiger partial charge is 0.115 e. The fourth-order valence-corrected chi connectivity index (χ4v) is 5.12. The lowest BCUT2D eigenvalue weighted by molar-refractivity contribution is 0.661. The Labute approximate surface area is 168 Å². The SMILES string of the molecule is N#Cc1c(SC/C=C\c2ccccc2)nc2c(c1-c1cccs1)CCCC2. The average molecular weight is 389 g/mol. The Morgan fingerprint density at radius 1 is 1.11 bits per heavy atom. The van der Waals surface area contributed by atoms with Crippen LogP contribution in [0.1, 0.15) is 35.2 Å². The first-order valence-electron chi connectivity index (χ1n) is 9.21. The van der Waals surface area contributed by atoms with Gasteiger partial charge in [-0.1, -0.05) is 48.6 Å². The Balaban J connectivity index is 1.65. The average Bonchev–Trinajstić information content (AvgIpc) is 3.25. The van der Waals surface area contributed by atoms with E-state index in [0.29, 0.717) is 0 Å². The molecule has 27 heavy (non-hydrogen) atoms. The molecule has 0 spiro atoms. The van der Waals surface area contributed by atoms with Crippen LogP contribution in [0.3, 0.4) is 0 Å². The molecule has 2 aromatic heterocycles. The van der Waals surface area contributed by atoms with Crippen molar-refractivity contribution in [2.45, 2.75) is 30.7 Å². The highest BCUT2D eigenvalue weighted by molar-refractivity contribution is 7.99. The third-order valence-electron chi connectivity index (χ3n) is 4.75. The third kappa shape index (κ3) is 4.00. The fraction of sp³-hybridized carbons (Fsp3) is 0.217. The second-order valence-corrected chi connectivity index (χ2v) is 8.47. The van der Waals surface area contributed by atoms with Crippen LogP contribution in [0.2, 0.25) is 0 Å². The highest BCUT2D eigenvalue weighted by Crippen LogP contribution is 2.39. The summed E-state index contributed by atoms with van der Waals surface area (Å²) in [5.74, 6) is 0.805. The van der Waals surface area contributed by atoms with Gasteiger partial charge in [0, 0.05) is 21.9 Å². The molecule has 1 aromatic carbocycles. The molecule has 1 aliphatic rings. The lowest BCUT2D eigenvalue weighted by atomic mass is 9.89. The number of fused-ring (bicyclic) bond motifs is 1. The molecule has 0 saturated heterocycles. The van der Waals surface area contributed by atoms with Crippen molar-refractivity contribution in [1.29, 1.82) is 5.26 Å². The van der Waals surface area contributed by atoms with E-state index >= 15 is 0 Å². The van der Waals surface area contributed by atoms with Gasteiger partial charge in [0.05, 0.1) is 5.56 Å². The number of aromatic nitrogens is 1. The molecule has 0 atom stereocenters. The third-order valence-corrected chi connectivity index (χ3v) is 6.56. The molecule has 0 fully saturated rings. The summed E-state index contributed by atoms with van der Waals surface area (Å²) in [6.45, 7) is 0. The van der Waals surface area contributed by atoms with Crippen LogP contribution in [0.4, 0.5) is 0 Å². The number of aryl methyl sites for hydroxylation is 1. The number of nitrogens with zero attached hydrogens (tertiary/aromatic N) is 2. The van der Waals surface area contributed by atoms with Crippen LogP contribution in [-0.4, -0.2) is 10.7 Å². The van der Waals surface area contributed by atoms with Crippen LogP contribution in [-0.2, 0) is 12.8 Å². The van der Waals surface area contributed by atoms with Crippen LogP contribution in [0.5, 0.6) is 0 Å². The van der Waals surface area contributed by atoms with Crippen LogP contribution in [0, 0.1) is 11.3 Å². The Bertz CT molecular complexity index is 983. The summed E-state index contributed by atoms with van der Waals surface area (Å²) in [5.41, 5.74) is 5.56. The normalized spacial score (nSPS) is 13.4. The summed E-state index contributed by atoms with van der Waals surface area (Å²) in [4.78, 5) is 6.10. The maximum atomic E-state index is 9.92. The molecule has 1 aliphatic carbocycles. The Hall–Kier alpha value is -2.35. The molecule has 2 nitrogen and oxygen atoms in total. The Kier molecular flexibility index (Phi) is 5.72. The minimum atomic E-state index is 0.746. The topological polar surface area (TPSA) is 36.7 Å². The van der Waals surface area contributed by atoms with Gasteiger partial charge in [-0.05, 0) is 48.3 Å². The molecule has 0 unspecified atom stereocenters. The fourth-order valence-electron chi connectivity index (χ4n) is 3.49. The molecule has 0 saturated carbocycles. The molecule has 134 valence electrons. The van der Waals surface area contributed by atoms with E-state index in [0.717, 1.165) is 34.7 Å². The number of thiophene rings is 1. The quantitative estimate of drug-likeness (QED) is 0.477. The van der Waals surface area contributed by atoms with E-state index in [4.69, 9.17) is 4.98 Å². The van der Waals surface area contributed by atoms with Crippen LogP contribution < -0.4 is 0 Å². The van der Waals surface area contributed by atoms with Crippen molar-refractivity contribution in [3.8, 4) is 16.5 Å². The van der Waals surface area contributed by atoms with Crippen molar-refractivity contribution < 1.29 is 0 Å². The molecule has 0 radical (unpaired) electrons. The minimum absolute atomic E-state index is 0.746. The predicted molar refractivity (Wildman–Crippen MR) is 115 cm³/mol. The van der Waals surface area contributed by atoms with E-state index in [1.807, 2.05) is 18.2 Å². The van der Waals surface area contributed by atoms with Gasteiger partial charge in [0.15, 0.2) is 0 Å². The van der Waals surface area contributed by atoms with Gasteiger partial charge in [-0.25, -0.2) is 4.98 Å². The minimum Gasteiger partial charge on any atom is -0.245 e. The first kappa shape index (κ1) is 18.0. The number of pyridine rings is 1. The van der Waals surface area contributed by atoms with Crippen molar-refractivity contribution >= 4 is 29.2 Å². The van der Waals surface area contributed by atoms with Crippen LogP contribution in [0.15, 0.2) is 58.9 Å². The Morgan fingerprint density at radius 3 is 2.74 bits per heavy atom. The second kappa shape index (κ2) is 8.56. The molecular weight excluding hydrogens is 368 g/mol. The van der Waals surface area contributed by atoms with Gasteiger partial charge in [-0.2, -0.15) is 5.26 Å². The predicted octanol–water partition coefficient (Wildman–Crippen LogP) is 6.37. The molecule has 0 N–H and O–H groups in total. The molecule has 0 aliphatic heterocycles. The standard InChI is InChI=1S/C23H20N2S2/c24-16-19-22(21-13-7-14-26-21)18-11-4-5-12-20(18)25-23(19)27-15-6-10-17-8-2-1-3-9-17/h1-3,6-10,13-14H,4-5,11-12,15H2/b10-6-. The number of hydrogen-bond acceptors (Lipinski definition) is 4. The second-order valence-electron chi connectivity index (χ2n) is 6.51. The summed E-state index contributed by atoms with van der Waals surface area (Å²) < 4.78 is 0. The number of hydrogen-bond donors (Lipinski definition) is 0. The van der Waals surface area contributed by atoms with Gasteiger partial charge in [-0.3, -0.25) is 0 Å². The lowest BCUT2D eigenvalue weighted by Crippen LogP contribution is -2.10. The molecule has 0 amide bonds. The molecular formula is C23H20N2S2. The maximum Gasteiger partial charge on any atom is 0.115 e. The first-order chi connectivity index (χ1) is 13.4. The van der Waals surface area contributed by atoms with Crippen molar-refractivity contribution in [3.63, 3.8) is 0 Å². The summed E-state index contributed by atoms with van der Waals surface area (Å²) >= 11 is 3.37. The van der Waals surface area contributed by atoms with E-state index in [2.05, 4.69) is 47.9 Å². The first-order valence-corrected chi connectivity index (χ1v) is 11.1. The van der Waals surface area contributed by atoms with E-state index in [1.165, 1.54) is 34.5 Å². The molecule has 0 bridgehead atoms.